The van der Waals surface area contributed by atoms with Gasteiger partial charge in [0.2, 0.25) is 0 Å². The van der Waals surface area contributed by atoms with E-state index in [2.05, 4.69) is 0 Å². The van der Waals surface area contributed by atoms with E-state index in [4.69, 9.17) is 9.84 Å². The standard InChI is InChI=1S/C11H13FO4/c1-2-16-6-8-9(13)4-3-7(11(8)12)5-10(14)15/h3-4,13H,2,5-6H2,1H3,(H,14,15). The van der Waals surface area contributed by atoms with Crippen molar-refractivity contribution in [2.75, 3.05) is 6.61 Å². The van der Waals surface area contributed by atoms with E-state index < -0.39 is 18.2 Å². The van der Waals surface area contributed by atoms with Crippen molar-refractivity contribution in [3.63, 3.8) is 0 Å². The lowest BCUT2D eigenvalue weighted by molar-refractivity contribution is -0.136. The van der Waals surface area contributed by atoms with E-state index in [-0.39, 0.29) is 23.5 Å². The van der Waals surface area contributed by atoms with Crippen molar-refractivity contribution < 1.29 is 24.1 Å². The Bertz CT molecular complexity index is 390. The van der Waals surface area contributed by atoms with Crippen LogP contribution < -0.4 is 0 Å². The molecular weight excluding hydrogens is 215 g/mol. The summed E-state index contributed by atoms with van der Waals surface area (Å²) in [6, 6.07) is 2.53. The molecule has 0 aromatic heterocycles. The monoisotopic (exact) mass is 228 g/mol. The number of hydrogen-bond donors (Lipinski definition) is 2. The Morgan fingerprint density at radius 1 is 1.50 bits per heavy atom. The van der Waals surface area contributed by atoms with Gasteiger partial charge in [-0.15, -0.1) is 0 Å². The topological polar surface area (TPSA) is 66.8 Å². The molecule has 0 aliphatic heterocycles. The fourth-order valence-corrected chi connectivity index (χ4v) is 1.30. The summed E-state index contributed by atoms with van der Waals surface area (Å²) in [7, 11) is 0. The molecule has 0 fully saturated rings. The molecule has 1 aromatic rings. The molecule has 0 saturated carbocycles. The number of phenolic OH excluding ortho intramolecular Hbond substituents is 1. The third-order valence-electron chi connectivity index (χ3n) is 2.09. The Balaban J connectivity index is 3.01. The van der Waals surface area contributed by atoms with Crippen LogP contribution in [0.1, 0.15) is 18.1 Å². The second-order valence-electron chi connectivity index (χ2n) is 3.24. The van der Waals surface area contributed by atoms with Crippen LogP contribution in [-0.2, 0) is 22.6 Å². The highest BCUT2D eigenvalue weighted by Gasteiger charge is 2.14. The Labute approximate surface area is 92.3 Å². The van der Waals surface area contributed by atoms with Crippen molar-refractivity contribution in [2.45, 2.75) is 20.0 Å². The molecule has 0 radical (unpaired) electrons. The molecule has 4 nitrogen and oxygen atoms in total. The molecule has 0 saturated heterocycles. The van der Waals surface area contributed by atoms with Gasteiger partial charge < -0.3 is 14.9 Å². The predicted octanol–water partition coefficient (Wildman–Crippen LogP) is 1.69. The molecule has 0 aliphatic rings. The fraction of sp³-hybridized carbons (Fsp3) is 0.364. The van der Waals surface area contributed by atoms with E-state index in [9.17, 15) is 14.3 Å². The van der Waals surface area contributed by atoms with E-state index >= 15 is 0 Å². The van der Waals surface area contributed by atoms with Crippen LogP contribution in [0.3, 0.4) is 0 Å². The number of carbonyl (C=O) groups is 1. The first kappa shape index (κ1) is 12.4. The third-order valence-corrected chi connectivity index (χ3v) is 2.09. The van der Waals surface area contributed by atoms with E-state index in [0.717, 1.165) is 0 Å². The molecule has 0 unspecified atom stereocenters. The molecule has 0 aliphatic carbocycles. The minimum absolute atomic E-state index is 0.000556. The smallest absolute Gasteiger partial charge is 0.307 e. The van der Waals surface area contributed by atoms with E-state index in [0.29, 0.717) is 6.61 Å². The summed E-state index contributed by atoms with van der Waals surface area (Å²) >= 11 is 0. The Hall–Kier alpha value is -1.62. The van der Waals surface area contributed by atoms with Gasteiger partial charge in [0.15, 0.2) is 0 Å². The molecule has 0 atom stereocenters. The number of aliphatic carboxylic acids is 1. The quantitative estimate of drug-likeness (QED) is 0.804. The molecule has 0 amide bonds. The number of hydrogen-bond acceptors (Lipinski definition) is 3. The molecular formula is C11H13FO4. The molecule has 1 rings (SSSR count). The molecule has 0 bridgehead atoms. The second kappa shape index (κ2) is 5.46. The van der Waals surface area contributed by atoms with Gasteiger partial charge in [-0.2, -0.15) is 0 Å². The van der Waals surface area contributed by atoms with Gasteiger partial charge in [0.1, 0.15) is 11.6 Å². The highest BCUT2D eigenvalue weighted by atomic mass is 19.1. The maximum Gasteiger partial charge on any atom is 0.307 e. The molecule has 2 N–H and O–H groups in total. The summed E-state index contributed by atoms with van der Waals surface area (Å²) in [4.78, 5) is 10.5. The van der Waals surface area contributed by atoms with Crippen LogP contribution >= 0.6 is 0 Å². The predicted molar refractivity (Wildman–Crippen MR) is 54.7 cm³/mol. The highest BCUT2D eigenvalue weighted by Crippen LogP contribution is 2.24. The van der Waals surface area contributed by atoms with Gasteiger partial charge in [0, 0.05) is 6.61 Å². The fourth-order valence-electron chi connectivity index (χ4n) is 1.30. The lowest BCUT2D eigenvalue weighted by Crippen LogP contribution is -2.05. The lowest BCUT2D eigenvalue weighted by Gasteiger charge is -2.09. The molecule has 0 spiro atoms. The maximum absolute atomic E-state index is 13.7. The van der Waals surface area contributed by atoms with Crippen LogP contribution in [0.15, 0.2) is 12.1 Å². The molecule has 1 aromatic carbocycles. The molecule has 88 valence electrons. The van der Waals surface area contributed by atoms with E-state index in [1.54, 1.807) is 6.92 Å². The zero-order chi connectivity index (χ0) is 12.1. The number of phenols is 1. The van der Waals surface area contributed by atoms with Crippen molar-refractivity contribution in [2.24, 2.45) is 0 Å². The first-order valence-electron chi connectivity index (χ1n) is 4.85. The van der Waals surface area contributed by atoms with Gasteiger partial charge in [-0.25, -0.2) is 4.39 Å². The molecule has 16 heavy (non-hydrogen) atoms. The summed E-state index contributed by atoms with van der Waals surface area (Å²) in [6.07, 6.45) is -0.411. The van der Waals surface area contributed by atoms with Crippen LogP contribution in [0.4, 0.5) is 4.39 Å². The SMILES string of the molecule is CCOCc1c(O)ccc(CC(=O)O)c1F. The summed E-state index contributed by atoms with van der Waals surface area (Å²) in [5.41, 5.74) is 0.0422. The largest absolute Gasteiger partial charge is 0.507 e. The first-order valence-corrected chi connectivity index (χ1v) is 4.85. The highest BCUT2D eigenvalue weighted by molar-refractivity contribution is 5.70. The van der Waals surface area contributed by atoms with Gasteiger partial charge in [0.05, 0.1) is 18.6 Å². The Morgan fingerprint density at radius 3 is 2.75 bits per heavy atom. The van der Waals surface area contributed by atoms with Crippen molar-refractivity contribution in [1.82, 2.24) is 0 Å². The molecule has 5 heteroatoms. The van der Waals surface area contributed by atoms with Crippen LogP contribution in [0, 0.1) is 5.82 Å². The third kappa shape index (κ3) is 2.93. The van der Waals surface area contributed by atoms with Crippen molar-refractivity contribution in [3.8, 4) is 5.75 Å². The number of aromatic hydroxyl groups is 1. The van der Waals surface area contributed by atoms with Gasteiger partial charge in [-0.3, -0.25) is 4.79 Å². The number of ether oxygens (including phenoxy) is 1. The lowest BCUT2D eigenvalue weighted by atomic mass is 10.1. The van der Waals surface area contributed by atoms with Crippen LogP contribution in [0.5, 0.6) is 5.75 Å². The van der Waals surface area contributed by atoms with Crippen LogP contribution in [-0.4, -0.2) is 22.8 Å². The summed E-state index contributed by atoms with van der Waals surface area (Å²) in [5.74, 6) is -2.05. The van der Waals surface area contributed by atoms with Crippen molar-refractivity contribution >= 4 is 5.97 Å². The Morgan fingerprint density at radius 2 is 2.19 bits per heavy atom. The van der Waals surface area contributed by atoms with Crippen molar-refractivity contribution in [1.29, 1.82) is 0 Å². The number of halogens is 1. The van der Waals surface area contributed by atoms with E-state index in [1.165, 1.54) is 12.1 Å². The zero-order valence-corrected chi connectivity index (χ0v) is 8.86. The van der Waals surface area contributed by atoms with Crippen LogP contribution in [0.2, 0.25) is 0 Å². The average molecular weight is 228 g/mol. The average Bonchev–Trinajstić information content (AvgIpc) is 2.22. The number of carboxylic acid groups (broad SMARTS) is 1. The van der Waals surface area contributed by atoms with E-state index in [1.807, 2.05) is 0 Å². The van der Waals surface area contributed by atoms with Crippen molar-refractivity contribution in [3.05, 3.63) is 29.1 Å². The van der Waals surface area contributed by atoms with Gasteiger partial charge in [-0.05, 0) is 18.6 Å². The van der Waals surface area contributed by atoms with Gasteiger partial charge in [-0.1, -0.05) is 6.07 Å². The summed E-state index contributed by atoms with van der Waals surface area (Å²) < 4.78 is 18.7. The van der Waals surface area contributed by atoms with Crippen LogP contribution in [0.25, 0.3) is 0 Å². The molecule has 0 heterocycles. The van der Waals surface area contributed by atoms with Gasteiger partial charge >= 0.3 is 5.97 Å². The first-order chi connectivity index (χ1) is 7.56. The summed E-state index contributed by atoms with van der Waals surface area (Å²) in [6.45, 7) is 2.07. The minimum Gasteiger partial charge on any atom is -0.507 e. The second-order valence-corrected chi connectivity index (χ2v) is 3.24. The maximum atomic E-state index is 13.7. The minimum atomic E-state index is -1.12. The Kier molecular flexibility index (Phi) is 4.25. The number of benzene rings is 1. The summed E-state index contributed by atoms with van der Waals surface area (Å²) in [5, 5.41) is 18.0. The number of carboxylic acids is 1. The normalized spacial score (nSPS) is 10.4. The van der Waals surface area contributed by atoms with Gasteiger partial charge in [0.25, 0.3) is 0 Å². The number of rotatable bonds is 5. The zero-order valence-electron chi connectivity index (χ0n) is 8.86.